The lowest BCUT2D eigenvalue weighted by atomic mass is 10.0. The van der Waals surface area contributed by atoms with Crippen molar-refractivity contribution in [3.8, 4) is 11.5 Å². The van der Waals surface area contributed by atoms with E-state index in [1.165, 1.54) is 25.3 Å². The van der Waals surface area contributed by atoms with Crippen molar-refractivity contribution in [1.82, 2.24) is 0 Å². The number of hydrogen-bond acceptors (Lipinski definition) is 5. The highest BCUT2D eigenvalue weighted by Crippen LogP contribution is 2.28. The van der Waals surface area contributed by atoms with Crippen molar-refractivity contribution in [1.29, 1.82) is 0 Å². The van der Waals surface area contributed by atoms with Gasteiger partial charge in [-0.25, -0.2) is 0 Å². The first-order valence-corrected chi connectivity index (χ1v) is 4.89. The van der Waals surface area contributed by atoms with Crippen LogP contribution in [0, 0.1) is 0 Å². The van der Waals surface area contributed by atoms with Crippen molar-refractivity contribution in [2.24, 2.45) is 5.73 Å². The number of aromatic hydroxyl groups is 2. The van der Waals surface area contributed by atoms with Crippen LogP contribution in [0.15, 0.2) is 18.2 Å². The average molecular weight is 225 g/mol. The summed E-state index contributed by atoms with van der Waals surface area (Å²) in [7, 11) is 1.31. The molecule has 0 aromatic heterocycles. The van der Waals surface area contributed by atoms with Crippen LogP contribution in [0.25, 0.3) is 0 Å². The fourth-order valence-electron chi connectivity index (χ4n) is 1.37. The number of carbonyl (C=O) groups is 1. The summed E-state index contributed by atoms with van der Waals surface area (Å²) in [5.74, 6) is -0.313. The number of phenolic OH excluding ortho intramolecular Hbond substituents is 2. The van der Waals surface area contributed by atoms with Crippen LogP contribution in [0.1, 0.15) is 24.4 Å². The van der Waals surface area contributed by atoms with E-state index in [9.17, 15) is 15.0 Å². The van der Waals surface area contributed by atoms with Gasteiger partial charge in [-0.1, -0.05) is 0 Å². The Morgan fingerprint density at radius 1 is 1.50 bits per heavy atom. The molecule has 0 aliphatic rings. The second-order valence-electron chi connectivity index (χ2n) is 3.46. The van der Waals surface area contributed by atoms with Crippen molar-refractivity contribution >= 4 is 5.97 Å². The van der Waals surface area contributed by atoms with E-state index in [1.54, 1.807) is 0 Å². The number of rotatable bonds is 4. The van der Waals surface area contributed by atoms with Gasteiger partial charge in [0.1, 0.15) is 11.5 Å². The van der Waals surface area contributed by atoms with Crippen molar-refractivity contribution in [2.45, 2.75) is 18.9 Å². The highest BCUT2D eigenvalue weighted by molar-refractivity contribution is 5.69. The van der Waals surface area contributed by atoms with E-state index < -0.39 is 6.04 Å². The van der Waals surface area contributed by atoms with E-state index >= 15 is 0 Å². The summed E-state index contributed by atoms with van der Waals surface area (Å²) in [6.07, 6.45) is 0.524. The quantitative estimate of drug-likeness (QED) is 0.526. The summed E-state index contributed by atoms with van der Waals surface area (Å²) in [5.41, 5.74) is 6.21. The lowest BCUT2D eigenvalue weighted by molar-refractivity contribution is -0.140. The van der Waals surface area contributed by atoms with Crippen LogP contribution in [0.2, 0.25) is 0 Å². The second-order valence-corrected chi connectivity index (χ2v) is 3.46. The monoisotopic (exact) mass is 225 g/mol. The van der Waals surface area contributed by atoms with E-state index in [1.807, 2.05) is 0 Å². The Bertz CT molecular complexity index is 378. The van der Waals surface area contributed by atoms with Gasteiger partial charge in [-0.15, -0.1) is 0 Å². The summed E-state index contributed by atoms with van der Waals surface area (Å²) in [6, 6.07) is 3.61. The molecule has 0 aliphatic heterocycles. The number of phenols is 2. The third-order valence-corrected chi connectivity index (χ3v) is 2.30. The highest BCUT2D eigenvalue weighted by Gasteiger charge is 2.13. The van der Waals surface area contributed by atoms with Crippen LogP contribution in [0.4, 0.5) is 0 Å². The lowest BCUT2D eigenvalue weighted by Gasteiger charge is -2.13. The molecule has 1 aromatic carbocycles. The lowest BCUT2D eigenvalue weighted by Crippen LogP contribution is -2.13. The van der Waals surface area contributed by atoms with Crippen molar-refractivity contribution < 1.29 is 19.7 Å². The first-order valence-electron chi connectivity index (χ1n) is 4.89. The Hall–Kier alpha value is -1.75. The summed E-state index contributed by atoms with van der Waals surface area (Å²) >= 11 is 0. The van der Waals surface area contributed by atoms with Crippen LogP contribution in [-0.4, -0.2) is 23.3 Å². The van der Waals surface area contributed by atoms with E-state index in [2.05, 4.69) is 4.74 Å². The Balaban J connectivity index is 2.68. The molecule has 0 heterocycles. The molecule has 5 heteroatoms. The smallest absolute Gasteiger partial charge is 0.305 e. The zero-order chi connectivity index (χ0) is 12.1. The topological polar surface area (TPSA) is 92.8 Å². The molecule has 88 valence electrons. The van der Waals surface area contributed by atoms with Gasteiger partial charge in [0.15, 0.2) is 0 Å². The number of nitrogens with two attached hydrogens (primary N) is 1. The van der Waals surface area contributed by atoms with Gasteiger partial charge >= 0.3 is 5.97 Å². The maximum Gasteiger partial charge on any atom is 0.305 e. The minimum absolute atomic E-state index is 0.00941. The number of carbonyl (C=O) groups excluding carboxylic acids is 1. The first kappa shape index (κ1) is 12.3. The normalized spacial score (nSPS) is 12.1. The number of esters is 1. The summed E-state index contributed by atoms with van der Waals surface area (Å²) in [6.45, 7) is 0. The molecular formula is C11H15NO4. The molecule has 1 rings (SSSR count). The minimum Gasteiger partial charge on any atom is -0.508 e. The Morgan fingerprint density at radius 2 is 2.19 bits per heavy atom. The van der Waals surface area contributed by atoms with Gasteiger partial charge in [-0.05, 0) is 24.6 Å². The van der Waals surface area contributed by atoms with Gasteiger partial charge in [-0.2, -0.15) is 0 Å². The fraction of sp³-hybridized carbons (Fsp3) is 0.364. The molecule has 1 unspecified atom stereocenters. The van der Waals surface area contributed by atoms with Gasteiger partial charge in [-0.3, -0.25) is 4.79 Å². The standard InChI is InChI=1S/C11H15NO4/c1-16-11(15)5-3-9(12)8-6-7(13)2-4-10(8)14/h2,4,6,9,13-14H,3,5,12H2,1H3. The van der Waals surface area contributed by atoms with E-state index in [-0.39, 0.29) is 23.9 Å². The van der Waals surface area contributed by atoms with Gasteiger partial charge in [0.2, 0.25) is 0 Å². The largest absolute Gasteiger partial charge is 0.508 e. The molecule has 0 aliphatic carbocycles. The SMILES string of the molecule is COC(=O)CCC(N)c1cc(O)ccc1O. The third-order valence-electron chi connectivity index (χ3n) is 2.30. The molecular weight excluding hydrogens is 210 g/mol. The van der Waals surface area contributed by atoms with E-state index in [4.69, 9.17) is 5.73 Å². The zero-order valence-electron chi connectivity index (χ0n) is 9.01. The zero-order valence-corrected chi connectivity index (χ0v) is 9.01. The molecule has 0 bridgehead atoms. The molecule has 0 saturated carbocycles. The molecule has 1 atom stereocenters. The molecule has 0 saturated heterocycles. The van der Waals surface area contributed by atoms with Gasteiger partial charge in [0, 0.05) is 18.0 Å². The molecule has 16 heavy (non-hydrogen) atoms. The molecule has 0 fully saturated rings. The van der Waals surface area contributed by atoms with Crippen molar-refractivity contribution in [3.63, 3.8) is 0 Å². The van der Waals surface area contributed by atoms with Crippen LogP contribution in [0.5, 0.6) is 11.5 Å². The van der Waals surface area contributed by atoms with Crippen molar-refractivity contribution in [3.05, 3.63) is 23.8 Å². The summed E-state index contributed by atoms with van der Waals surface area (Å²) in [5, 5.41) is 18.8. The Labute approximate surface area is 93.5 Å². The molecule has 0 spiro atoms. The number of hydrogen-bond donors (Lipinski definition) is 3. The average Bonchev–Trinajstić information content (AvgIpc) is 2.28. The molecule has 0 amide bonds. The number of ether oxygens (including phenoxy) is 1. The molecule has 0 radical (unpaired) electrons. The fourth-order valence-corrected chi connectivity index (χ4v) is 1.37. The summed E-state index contributed by atoms with van der Waals surface area (Å²) < 4.78 is 4.48. The van der Waals surface area contributed by atoms with Gasteiger partial charge < -0.3 is 20.7 Å². The number of methoxy groups -OCH3 is 1. The van der Waals surface area contributed by atoms with Crippen LogP contribution >= 0.6 is 0 Å². The Morgan fingerprint density at radius 3 is 2.81 bits per heavy atom. The predicted molar refractivity (Wildman–Crippen MR) is 58.0 cm³/mol. The Kier molecular flexibility index (Phi) is 4.13. The maximum atomic E-state index is 10.9. The van der Waals surface area contributed by atoms with E-state index in [0.717, 1.165) is 0 Å². The second kappa shape index (κ2) is 5.37. The van der Waals surface area contributed by atoms with Crippen LogP contribution in [-0.2, 0) is 9.53 Å². The van der Waals surface area contributed by atoms with Crippen LogP contribution < -0.4 is 5.73 Å². The van der Waals surface area contributed by atoms with Gasteiger partial charge in [0.25, 0.3) is 0 Å². The first-order chi connectivity index (χ1) is 7.54. The van der Waals surface area contributed by atoms with Gasteiger partial charge in [0.05, 0.1) is 7.11 Å². The molecule has 4 N–H and O–H groups in total. The predicted octanol–water partition coefficient (Wildman–Crippen LogP) is 1.05. The van der Waals surface area contributed by atoms with Crippen LogP contribution in [0.3, 0.4) is 0 Å². The highest BCUT2D eigenvalue weighted by atomic mass is 16.5. The third kappa shape index (κ3) is 3.13. The minimum atomic E-state index is -0.508. The van der Waals surface area contributed by atoms with E-state index in [0.29, 0.717) is 12.0 Å². The molecule has 1 aromatic rings. The summed E-state index contributed by atoms with van der Waals surface area (Å²) in [4.78, 5) is 10.9. The molecule has 5 nitrogen and oxygen atoms in total. The number of benzene rings is 1. The van der Waals surface area contributed by atoms with Crippen molar-refractivity contribution in [2.75, 3.05) is 7.11 Å². The maximum absolute atomic E-state index is 10.9.